The molecule has 0 atom stereocenters. The summed E-state index contributed by atoms with van der Waals surface area (Å²) in [4.78, 5) is 38.4. The molecule has 4 aromatic rings. The summed E-state index contributed by atoms with van der Waals surface area (Å²) in [6.07, 6.45) is 0.565. The van der Waals surface area contributed by atoms with Crippen molar-refractivity contribution in [3.05, 3.63) is 50.7 Å². The minimum absolute atomic E-state index is 0.150. The lowest BCUT2D eigenvalue weighted by Crippen LogP contribution is -2.16. The maximum atomic E-state index is 12.4. The van der Waals surface area contributed by atoms with Gasteiger partial charge in [-0.25, -0.2) is 9.97 Å². The highest BCUT2D eigenvalue weighted by Gasteiger charge is 2.21. The second kappa shape index (κ2) is 7.36. The van der Waals surface area contributed by atoms with E-state index >= 15 is 0 Å². The highest BCUT2D eigenvalue weighted by atomic mass is 32.1. The average molecular weight is 425 g/mol. The normalized spacial score (nSPS) is 12.0. The molecule has 8 heteroatoms. The van der Waals surface area contributed by atoms with E-state index in [1.165, 1.54) is 11.3 Å². The molecule has 0 saturated carbocycles. The Bertz CT molecular complexity index is 1320. The van der Waals surface area contributed by atoms with Crippen LogP contribution in [0.5, 0.6) is 0 Å². The van der Waals surface area contributed by atoms with E-state index in [4.69, 9.17) is 4.42 Å². The van der Waals surface area contributed by atoms with Gasteiger partial charge >= 0.3 is 0 Å². The van der Waals surface area contributed by atoms with Crippen LogP contribution in [0.4, 0.5) is 5.69 Å². The molecule has 0 spiro atoms. The average Bonchev–Trinajstić information content (AvgIpc) is 3.21. The first-order chi connectivity index (χ1) is 14.1. The number of nitrogens with zero attached hydrogens (tertiary/aromatic N) is 2. The zero-order chi connectivity index (χ0) is 21.6. The summed E-state index contributed by atoms with van der Waals surface area (Å²) in [5, 5.41) is 3.52. The van der Waals surface area contributed by atoms with Gasteiger partial charge in [0.05, 0.1) is 5.39 Å². The summed E-state index contributed by atoms with van der Waals surface area (Å²) in [6.45, 7) is 10.0. The van der Waals surface area contributed by atoms with Crippen LogP contribution >= 0.6 is 11.3 Å². The highest BCUT2D eigenvalue weighted by molar-refractivity contribution is 7.18. The standard InChI is InChI=1S/C22H24N4O3S/c1-11-12(2)30-20-18(11)19(28)25-16(26-20)8-9-17(27)23-13-6-7-15-14(10-13)24-21(29-15)22(3,4)5/h6-7,10H,8-9H2,1-5H3,(H,23,27)(H,25,26,28). The van der Waals surface area contributed by atoms with E-state index in [0.717, 1.165) is 15.3 Å². The number of nitrogens with one attached hydrogen (secondary N) is 2. The summed E-state index contributed by atoms with van der Waals surface area (Å²) in [6, 6.07) is 5.40. The number of aryl methyl sites for hydroxylation is 3. The largest absolute Gasteiger partial charge is 0.440 e. The van der Waals surface area contributed by atoms with Crippen LogP contribution in [0, 0.1) is 13.8 Å². The number of aromatic amines is 1. The minimum Gasteiger partial charge on any atom is -0.440 e. The first-order valence-corrected chi connectivity index (χ1v) is 10.6. The molecule has 0 radical (unpaired) electrons. The number of carbonyl (C=O) groups excluding carboxylic acids is 1. The molecule has 30 heavy (non-hydrogen) atoms. The topological polar surface area (TPSA) is 101 Å². The number of rotatable bonds is 4. The third kappa shape index (κ3) is 3.87. The number of fused-ring (bicyclic) bond motifs is 2. The molecule has 0 aliphatic carbocycles. The highest BCUT2D eigenvalue weighted by Crippen LogP contribution is 2.28. The molecule has 3 heterocycles. The molecule has 0 aliphatic rings. The van der Waals surface area contributed by atoms with Crippen molar-refractivity contribution in [2.45, 2.75) is 52.9 Å². The van der Waals surface area contributed by atoms with E-state index < -0.39 is 0 Å². The van der Waals surface area contributed by atoms with E-state index in [1.54, 1.807) is 12.1 Å². The minimum atomic E-state index is -0.187. The van der Waals surface area contributed by atoms with Gasteiger partial charge in [0.25, 0.3) is 5.56 Å². The van der Waals surface area contributed by atoms with Gasteiger partial charge in [0.2, 0.25) is 11.8 Å². The van der Waals surface area contributed by atoms with Crippen molar-refractivity contribution in [2.75, 3.05) is 5.32 Å². The Morgan fingerprint density at radius 1 is 1.23 bits per heavy atom. The van der Waals surface area contributed by atoms with Crippen LogP contribution in [0.3, 0.4) is 0 Å². The van der Waals surface area contributed by atoms with Crippen molar-refractivity contribution in [1.82, 2.24) is 15.0 Å². The van der Waals surface area contributed by atoms with Crippen LogP contribution in [0.1, 0.15) is 49.3 Å². The molecule has 3 aromatic heterocycles. The molecule has 156 valence electrons. The van der Waals surface area contributed by atoms with E-state index in [0.29, 0.717) is 40.3 Å². The van der Waals surface area contributed by atoms with Crippen molar-refractivity contribution in [1.29, 1.82) is 0 Å². The van der Waals surface area contributed by atoms with Crippen LogP contribution in [-0.2, 0) is 16.6 Å². The van der Waals surface area contributed by atoms with Crippen LogP contribution < -0.4 is 10.9 Å². The molecule has 0 saturated heterocycles. The number of H-pyrrole nitrogens is 1. The molecule has 2 N–H and O–H groups in total. The summed E-state index contributed by atoms with van der Waals surface area (Å²) >= 11 is 1.50. The number of aromatic nitrogens is 3. The zero-order valence-corrected chi connectivity index (χ0v) is 18.5. The molecule has 0 bridgehead atoms. The molecule has 7 nitrogen and oxygen atoms in total. The van der Waals surface area contributed by atoms with Crippen molar-refractivity contribution in [3.63, 3.8) is 0 Å². The lowest BCUT2D eigenvalue weighted by molar-refractivity contribution is -0.116. The summed E-state index contributed by atoms with van der Waals surface area (Å²) in [7, 11) is 0. The molecule has 0 aliphatic heterocycles. The number of thiophene rings is 1. The number of hydrogen-bond donors (Lipinski definition) is 2. The Balaban J connectivity index is 1.46. The van der Waals surface area contributed by atoms with Gasteiger partial charge in [0.15, 0.2) is 5.58 Å². The second-order valence-corrected chi connectivity index (χ2v) is 9.68. The Labute approximate surface area is 177 Å². The predicted octanol–water partition coefficient (Wildman–Crippen LogP) is 4.61. The van der Waals surface area contributed by atoms with Gasteiger partial charge in [-0.15, -0.1) is 11.3 Å². The monoisotopic (exact) mass is 424 g/mol. The molecule has 1 aromatic carbocycles. The number of oxazole rings is 1. The maximum absolute atomic E-state index is 12.4. The van der Waals surface area contributed by atoms with Crippen molar-refractivity contribution in [2.24, 2.45) is 0 Å². The van der Waals surface area contributed by atoms with E-state index in [9.17, 15) is 9.59 Å². The Morgan fingerprint density at radius 2 is 2.00 bits per heavy atom. The lowest BCUT2D eigenvalue weighted by Gasteiger charge is -2.11. The molecule has 0 fully saturated rings. The molecule has 4 rings (SSSR count). The lowest BCUT2D eigenvalue weighted by atomic mass is 9.97. The quantitative estimate of drug-likeness (QED) is 0.498. The van der Waals surface area contributed by atoms with Crippen molar-refractivity contribution in [3.8, 4) is 0 Å². The SMILES string of the molecule is Cc1sc2nc(CCC(=O)Nc3ccc4oc(C(C)(C)C)nc4c3)[nH]c(=O)c2c1C. The van der Waals surface area contributed by atoms with Crippen LogP contribution in [0.2, 0.25) is 0 Å². The van der Waals surface area contributed by atoms with Crippen LogP contribution in [0.15, 0.2) is 27.4 Å². The van der Waals surface area contributed by atoms with Gasteiger partial charge in [-0.2, -0.15) is 0 Å². The van der Waals surface area contributed by atoms with Gasteiger partial charge in [-0.1, -0.05) is 20.8 Å². The number of benzene rings is 1. The van der Waals surface area contributed by atoms with Crippen LogP contribution in [-0.4, -0.2) is 20.9 Å². The number of carbonyl (C=O) groups is 1. The Hall–Kier alpha value is -3.00. The van der Waals surface area contributed by atoms with Gasteiger partial charge in [0, 0.05) is 28.8 Å². The third-order valence-corrected chi connectivity index (χ3v) is 6.09. The molecule has 1 amide bonds. The second-order valence-electron chi connectivity index (χ2n) is 8.48. The number of hydrogen-bond acceptors (Lipinski definition) is 6. The summed E-state index contributed by atoms with van der Waals surface area (Å²) in [5.74, 6) is 1.02. The molecular weight excluding hydrogens is 400 g/mol. The predicted molar refractivity (Wildman–Crippen MR) is 119 cm³/mol. The smallest absolute Gasteiger partial charge is 0.259 e. The number of amides is 1. The zero-order valence-electron chi connectivity index (χ0n) is 17.7. The van der Waals surface area contributed by atoms with Crippen molar-refractivity contribution >= 4 is 44.2 Å². The van der Waals surface area contributed by atoms with E-state index in [1.807, 2.05) is 40.7 Å². The summed E-state index contributed by atoms with van der Waals surface area (Å²) in [5.41, 5.74) is 2.68. The van der Waals surface area contributed by atoms with Crippen molar-refractivity contribution < 1.29 is 9.21 Å². The first-order valence-electron chi connectivity index (χ1n) is 9.81. The molecule has 0 unspecified atom stereocenters. The van der Waals surface area contributed by atoms with E-state index in [-0.39, 0.29) is 23.3 Å². The number of anilines is 1. The fourth-order valence-corrected chi connectivity index (χ4v) is 4.25. The van der Waals surface area contributed by atoms with Gasteiger partial charge in [-0.05, 0) is 37.6 Å². The third-order valence-electron chi connectivity index (χ3n) is 4.99. The fraction of sp³-hybridized carbons (Fsp3) is 0.364. The Kier molecular flexibility index (Phi) is 4.97. The molecular formula is C22H24N4O3S. The maximum Gasteiger partial charge on any atom is 0.259 e. The fourth-order valence-electron chi connectivity index (χ4n) is 3.20. The van der Waals surface area contributed by atoms with Gasteiger partial charge in [0.1, 0.15) is 16.2 Å². The van der Waals surface area contributed by atoms with Gasteiger partial charge < -0.3 is 14.7 Å². The van der Waals surface area contributed by atoms with Gasteiger partial charge in [-0.3, -0.25) is 9.59 Å². The van der Waals surface area contributed by atoms with Crippen LogP contribution in [0.25, 0.3) is 21.3 Å². The first kappa shape index (κ1) is 20.3. The Morgan fingerprint density at radius 3 is 2.73 bits per heavy atom. The summed E-state index contributed by atoms with van der Waals surface area (Å²) < 4.78 is 5.79. The van der Waals surface area contributed by atoms with E-state index in [2.05, 4.69) is 20.3 Å².